The lowest BCUT2D eigenvalue weighted by atomic mass is 9.80. The third-order valence-electron chi connectivity index (χ3n) is 16.5. The van der Waals surface area contributed by atoms with Crippen molar-refractivity contribution in [2.45, 2.75) is 163 Å². The van der Waals surface area contributed by atoms with Gasteiger partial charge in [0.2, 0.25) is 0 Å². The minimum atomic E-state index is -1.86. The van der Waals surface area contributed by atoms with E-state index >= 15 is 4.39 Å². The van der Waals surface area contributed by atoms with E-state index in [-0.39, 0.29) is 40.1 Å². The summed E-state index contributed by atoms with van der Waals surface area (Å²) in [5.74, 6) is 0.00263. The van der Waals surface area contributed by atoms with Crippen LogP contribution in [0, 0.1) is 0 Å². The van der Waals surface area contributed by atoms with Gasteiger partial charge in [0.25, 0.3) is 0 Å². The van der Waals surface area contributed by atoms with Crippen LogP contribution in [-0.2, 0) is 18.4 Å². The molecule has 17 nitrogen and oxygen atoms in total. The van der Waals surface area contributed by atoms with Crippen molar-refractivity contribution in [1.82, 2.24) is 14.7 Å². The molecule has 1 fully saturated rings. The molecule has 0 radical (unpaired) electrons. The van der Waals surface area contributed by atoms with Crippen molar-refractivity contribution in [2.24, 2.45) is 0 Å². The molecule has 21 heteroatoms. The molecule has 0 amide bonds. The summed E-state index contributed by atoms with van der Waals surface area (Å²) >= 11 is 6.12. The summed E-state index contributed by atoms with van der Waals surface area (Å²) in [6.45, 7) is 10.6. The van der Waals surface area contributed by atoms with E-state index in [2.05, 4.69) is 52.9 Å². The molecule has 8 rings (SSSR count). The van der Waals surface area contributed by atoms with Crippen LogP contribution in [0.5, 0.6) is 5.75 Å². The van der Waals surface area contributed by atoms with E-state index in [1.54, 1.807) is 12.1 Å². The van der Waals surface area contributed by atoms with E-state index in [9.17, 15) is 59.8 Å². The molecule has 2 bridgehead atoms. The summed E-state index contributed by atoms with van der Waals surface area (Å²) in [5, 5.41) is 127. The Kier molecular flexibility index (Phi) is 27.6. The van der Waals surface area contributed by atoms with Gasteiger partial charge >= 0.3 is 0 Å². The molecule has 1 saturated heterocycles. The maximum absolute atomic E-state index is 15.0. The van der Waals surface area contributed by atoms with Crippen molar-refractivity contribution < 1.29 is 82.4 Å². The van der Waals surface area contributed by atoms with Crippen LogP contribution >= 0.6 is 11.6 Å². The topological polar surface area (TPSA) is 285 Å². The zero-order valence-corrected chi connectivity index (χ0v) is 48.8. The number of aliphatic hydroxyl groups excluding tert-OH is 12. The molecule has 14 N–H and O–H groups in total. The van der Waals surface area contributed by atoms with Crippen molar-refractivity contribution in [3.05, 3.63) is 142 Å². The Morgan fingerprint density at radius 3 is 1.94 bits per heavy atom. The van der Waals surface area contributed by atoms with Gasteiger partial charge in [-0.2, -0.15) is 0 Å². The number of nitrogens with one attached hydrogen (secondary N) is 1. The third-order valence-corrected chi connectivity index (χ3v) is 16.8. The smallest absolute Gasteiger partial charge is 0.146 e. The van der Waals surface area contributed by atoms with Crippen molar-refractivity contribution in [3.63, 3.8) is 0 Å². The van der Waals surface area contributed by atoms with Gasteiger partial charge in [-0.05, 0) is 129 Å². The molecule has 83 heavy (non-hydrogen) atoms. The Balaban J connectivity index is 0.000000332. The van der Waals surface area contributed by atoms with E-state index in [1.165, 1.54) is 5.56 Å². The molecule has 4 aromatic carbocycles. The summed E-state index contributed by atoms with van der Waals surface area (Å²) in [5.41, 5.74) is 7.75. The van der Waals surface area contributed by atoms with Crippen LogP contribution in [0.4, 0.5) is 18.9 Å². The Labute approximate surface area is 494 Å². The lowest BCUT2D eigenvalue weighted by molar-refractivity contribution is -0.107. The van der Waals surface area contributed by atoms with Gasteiger partial charge in [0.1, 0.15) is 79.2 Å². The number of likely N-dealkylation sites (N-methyl/N-ethyl adjacent to an activating group) is 1. The normalized spacial score (nSPS) is 23.8. The first-order valence-corrected chi connectivity index (χ1v) is 29.2. The van der Waals surface area contributed by atoms with Crippen LogP contribution in [0.25, 0.3) is 0 Å². The SMILES string of the molecule is C=CCN1CCCC1CCCC([18F])C(O)C(O)C(O)CO.CC.CC12c3ccccc3CC(c3ccccc31)N2CC([18F])C(O)C(O)C(O)CO.CN1CCc2cc(Cl)c(O)cc2C(c2cccc(NCC(F)C(O)C(O)C(O)CO)c2)C1.[HH].[HH]. The minimum Gasteiger partial charge on any atom is -0.506 e. The maximum atomic E-state index is 15.0. The average molecular weight is 1190 g/mol. The standard InChI is InChI=1S/C23H30ClFN2O5.C22H26FNO4.C15H28FNO4.C2H6.2H2/c1-27-6-5-14-8-18(24)20(29)9-16(14)17(11-27)13-3-2-4-15(7-13)26-10-19(25)22(31)23(32)21(30)12-28;1-22-15-8-4-2-6-13(15)10-18(14-7-3-5-9-16(14)22)24(22)11-17(23)20(27)21(28)19(26)12-25;1-2-8-17-9-4-6-11(17)5-3-7-12(16)14(20)15(21)13(19)10-18;1-2;;/h2-4,7-9,17,19,21-23,26,28-32H,5-6,10-12H2,1H3;2-9,17-21,25-28H,10-12H2,1H3;2,11-15,18-21H,1,3-10H2;1-2H3;2*1H/i;23-1;16-1;;;. The van der Waals surface area contributed by atoms with Gasteiger partial charge < -0.3 is 76.6 Å². The van der Waals surface area contributed by atoms with Crippen molar-refractivity contribution >= 4 is 17.3 Å². The fraction of sp³-hybridized carbons (Fsp3) is 0.581. The fourth-order valence-corrected chi connectivity index (χ4v) is 12.0. The van der Waals surface area contributed by atoms with Gasteiger partial charge in [-0.3, -0.25) is 9.80 Å². The van der Waals surface area contributed by atoms with Gasteiger partial charge in [0, 0.05) is 59.3 Å². The summed E-state index contributed by atoms with van der Waals surface area (Å²) in [4.78, 5) is 6.57. The second-order valence-electron chi connectivity index (χ2n) is 22.0. The number of phenolic OH excluding ortho intramolecular Hbond substituents is 1. The molecule has 16 atom stereocenters. The lowest BCUT2D eigenvalue weighted by Crippen LogP contribution is -2.52. The Morgan fingerprint density at radius 1 is 0.723 bits per heavy atom. The summed E-state index contributed by atoms with van der Waals surface area (Å²) in [6.07, 6.45) is -13.2. The fourth-order valence-electron chi connectivity index (χ4n) is 11.8. The number of hydrogen-bond donors (Lipinski definition) is 14. The monoisotopic (exact) mass is 1190 g/mol. The lowest BCUT2D eigenvalue weighted by Gasteiger charge is -2.45. The molecule has 16 unspecified atom stereocenters. The number of benzene rings is 4. The molecule has 4 heterocycles. The second kappa shape index (κ2) is 33.0. The highest BCUT2D eigenvalue weighted by atomic mass is 35.5. The number of aromatic hydroxyl groups is 1. The molecular weight excluding hydrogens is 1100 g/mol. The first-order valence-electron chi connectivity index (χ1n) is 28.8. The van der Waals surface area contributed by atoms with Gasteiger partial charge in [0.15, 0.2) is 0 Å². The third kappa shape index (κ3) is 17.2. The second-order valence-corrected chi connectivity index (χ2v) is 22.4. The highest BCUT2D eigenvalue weighted by molar-refractivity contribution is 6.32. The molecule has 0 aliphatic carbocycles. The molecule has 0 aromatic heterocycles. The predicted octanol–water partition coefficient (Wildman–Crippen LogP) is 4.50. The molecular formula is C62H94ClF3N4O13. The number of nitrogens with zero attached hydrogens (tertiary/aromatic N) is 3. The Morgan fingerprint density at radius 2 is 1.31 bits per heavy atom. The zero-order valence-electron chi connectivity index (χ0n) is 48.0. The Bertz CT molecular complexity index is 2600. The van der Waals surface area contributed by atoms with E-state index in [0.29, 0.717) is 23.2 Å². The van der Waals surface area contributed by atoms with Crippen LogP contribution in [-0.4, -0.2) is 227 Å². The number of hydrogen-bond acceptors (Lipinski definition) is 17. The molecule has 4 aromatic rings. The van der Waals surface area contributed by atoms with Crippen molar-refractivity contribution in [2.75, 3.05) is 71.5 Å². The zero-order chi connectivity index (χ0) is 61.3. The number of aliphatic hydroxyl groups is 12. The average Bonchev–Trinajstić information content (AvgIpc) is 1.61. The number of fused-ring (bicyclic) bond motifs is 8. The number of halogens is 4. The molecule has 0 saturated carbocycles. The van der Waals surface area contributed by atoms with E-state index in [0.717, 1.165) is 91.7 Å². The van der Waals surface area contributed by atoms with Gasteiger partial charge in [0.05, 0.1) is 30.4 Å². The highest BCUT2D eigenvalue weighted by Crippen LogP contribution is 2.55. The molecule has 468 valence electrons. The number of alkyl halides is 3. The van der Waals surface area contributed by atoms with Gasteiger partial charge in [-0.15, -0.1) is 6.58 Å². The largest absolute Gasteiger partial charge is 0.506 e. The summed E-state index contributed by atoms with van der Waals surface area (Å²) in [6, 6.07) is 27.6. The summed E-state index contributed by atoms with van der Waals surface area (Å²) < 4.78 is 43.2. The van der Waals surface area contributed by atoms with Crippen LogP contribution in [0.1, 0.15) is 107 Å². The number of rotatable bonds is 24. The number of anilines is 1. The number of phenols is 1. The highest BCUT2D eigenvalue weighted by Gasteiger charge is 2.53. The van der Waals surface area contributed by atoms with Crippen LogP contribution in [0.15, 0.2) is 97.6 Å². The minimum absolute atomic E-state index is 0. The quantitative estimate of drug-likeness (QED) is 0.0430. The van der Waals surface area contributed by atoms with Gasteiger partial charge in [-0.25, -0.2) is 13.2 Å². The van der Waals surface area contributed by atoms with E-state index in [1.807, 2.05) is 80.4 Å². The van der Waals surface area contributed by atoms with Crippen LogP contribution in [0.3, 0.4) is 0 Å². The van der Waals surface area contributed by atoms with Crippen molar-refractivity contribution in [1.29, 1.82) is 0 Å². The molecule has 4 aliphatic heterocycles. The van der Waals surface area contributed by atoms with E-state index in [4.69, 9.17) is 26.9 Å². The predicted molar refractivity (Wildman–Crippen MR) is 318 cm³/mol. The first kappa shape index (κ1) is 69.5. The molecule has 4 aliphatic rings. The van der Waals surface area contributed by atoms with Crippen molar-refractivity contribution in [3.8, 4) is 5.75 Å². The Hall–Kier alpha value is -4.30. The van der Waals surface area contributed by atoms with Crippen LogP contribution < -0.4 is 5.32 Å². The number of likely N-dealkylation sites (tertiary alicyclic amines) is 1. The maximum Gasteiger partial charge on any atom is 0.146 e. The summed E-state index contributed by atoms with van der Waals surface area (Å²) in [7, 11) is 2.03. The van der Waals surface area contributed by atoms with Gasteiger partial charge in [-0.1, -0.05) is 92.2 Å². The van der Waals surface area contributed by atoms with E-state index < -0.39 is 98.8 Å². The van der Waals surface area contributed by atoms with Crippen LogP contribution in [0.2, 0.25) is 5.02 Å². The molecule has 0 spiro atoms. The first-order chi connectivity index (χ1) is 39.6.